The van der Waals surface area contributed by atoms with E-state index in [0.29, 0.717) is 12.2 Å². The molecule has 0 bridgehead atoms. The minimum atomic E-state index is -0.164. The van der Waals surface area contributed by atoms with Crippen LogP contribution < -0.4 is 10.1 Å². The first kappa shape index (κ1) is 14.6. The van der Waals surface area contributed by atoms with Gasteiger partial charge in [-0.25, -0.2) is 0 Å². The van der Waals surface area contributed by atoms with E-state index in [1.807, 2.05) is 24.3 Å². The number of nitrogens with zero attached hydrogens (tertiary/aromatic N) is 1. The summed E-state index contributed by atoms with van der Waals surface area (Å²) >= 11 is 0. The molecule has 6 heteroatoms. The molecule has 2 heterocycles. The number of hydrogen-bond donors (Lipinski definition) is 2. The third kappa shape index (κ3) is 3.28. The molecule has 0 spiro atoms. The zero-order valence-electron chi connectivity index (χ0n) is 12.5. The second-order valence-electron chi connectivity index (χ2n) is 5.24. The van der Waals surface area contributed by atoms with Gasteiger partial charge in [-0.15, -0.1) is 0 Å². The van der Waals surface area contributed by atoms with Crippen LogP contribution in [0.25, 0.3) is 11.3 Å². The molecule has 6 nitrogen and oxygen atoms in total. The number of H-pyrrole nitrogens is 1. The van der Waals surface area contributed by atoms with Crippen molar-refractivity contribution in [3.63, 3.8) is 0 Å². The summed E-state index contributed by atoms with van der Waals surface area (Å²) < 4.78 is 10.6. The fraction of sp³-hybridized carbons (Fsp3) is 0.375. The Morgan fingerprint density at radius 2 is 2.27 bits per heavy atom. The fourth-order valence-electron chi connectivity index (χ4n) is 2.45. The van der Waals surface area contributed by atoms with E-state index in [-0.39, 0.29) is 12.0 Å². The number of carbonyl (C=O) groups is 1. The van der Waals surface area contributed by atoms with Crippen molar-refractivity contribution >= 4 is 5.91 Å². The topological polar surface area (TPSA) is 76.2 Å². The zero-order chi connectivity index (χ0) is 15.4. The van der Waals surface area contributed by atoms with Gasteiger partial charge >= 0.3 is 0 Å². The minimum absolute atomic E-state index is 0.132. The standard InChI is InChI=1S/C16H19N3O3/c1-21-12-6-4-11(5-7-12)14-9-15(19-18-14)16(20)17-10-13-3-2-8-22-13/h4-7,9,13H,2-3,8,10H2,1H3,(H,17,20)(H,18,19). The van der Waals surface area contributed by atoms with Crippen molar-refractivity contribution in [2.24, 2.45) is 0 Å². The van der Waals surface area contributed by atoms with Crippen molar-refractivity contribution in [1.29, 1.82) is 0 Å². The second kappa shape index (κ2) is 6.62. The minimum Gasteiger partial charge on any atom is -0.497 e. The highest BCUT2D eigenvalue weighted by atomic mass is 16.5. The second-order valence-corrected chi connectivity index (χ2v) is 5.24. The molecule has 1 atom stereocenters. The summed E-state index contributed by atoms with van der Waals surface area (Å²) in [7, 11) is 1.63. The quantitative estimate of drug-likeness (QED) is 0.885. The van der Waals surface area contributed by atoms with Gasteiger partial charge in [0.15, 0.2) is 0 Å². The lowest BCUT2D eigenvalue weighted by Crippen LogP contribution is -2.31. The van der Waals surface area contributed by atoms with E-state index in [1.165, 1.54) is 0 Å². The van der Waals surface area contributed by atoms with Gasteiger partial charge in [0.2, 0.25) is 0 Å². The van der Waals surface area contributed by atoms with Crippen molar-refractivity contribution < 1.29 is 14.3 Å². The van der Waals surface area contributed by atoms with Gasteiger partial charge in [0.25, 0.3) is 5.91 Å². The molecule has 22 heavy (non-hydrogen) atoms. The Labute approximate surface area is 128 Å². The molecule has 1 aromatic heterocycles. The highest BCUT2D eigenvalue weighted by Gasteiger charge is 2.17. The van der Waals surface area contributed by atoms with E-state index < -0.39 is 0 Å². The first-order chi connectivity index (χ1) is 10.8. The Kier molecular flexibility index (Phi) is 4.39. The molecule has 1 saturated heterocycles. The van der Waals surface area contributed by atoms with E-state index in [9.17, 15) is 4.79 Å². The van der Waals surface area contributed by atoms with Crippen LogP contribution in [-0.2, 0) is 4.74 Å². The summed E-state index contributed by atoms with van der Waals surface area (Å²) in [6.45, 7) is 1.32. The SMILES string of the molecule is COc1ccc(-c2cc(C(=O)NCC3CCCO3)[nH]n2)cc1. The highest BCUT2D eigenvalue weighted by Crippen LogP contribution is 2.21. The van der Waals surface area contributed by atoms with Gasteiger partial charge in [0, 0.05) is 18.7 Å². The maximum absolute atomic E-state index is 12.1. The monoisotopic (exact) mass is 301 g/mol. The number of methoxy groups -OCH3 is 1. The first-order valence-corrected chi connectivity index (χ1v) is 7.36. The number of carbonyl (C=O) groups excluding carboxylic acids is 1. The number of aromatic nitrogens is 2. The van der Waals surface area contributed by atoms with Crippen LogP contribution in [0.4, 0.5) is 0 Å². The van der Waals surface area contributed by atoms with Crippen LogP contribution in [0.15, 0.2) is 30.3 Å². The van der Waals surface area contributed by atoms with Crippen LogP contribution in [-0.4, -0.2) is 42.5 Å². The Morgan fingerprint density at radius 3 is 2.95 bits per heavy atom. The molecule has 1 unspecified atom stereocenters. The van der Waals surface area contributed by atoms with Crippen molar-refractivity contribution in [1.82, 2.24) is 15.5 Å². The van der Waals surface area contributed by atoms with E-state index in [2.05, 4.69) is 15.5 Å². The molecule has 0 saturated carbocycles. The Bertz CT molecular complexity index is 630. The fourth-order valence-corrected chi connectivity index (χ4v) is 2.45. The van der Waals surface area contributed by atoms with Gasteiger partial charge in [0.05, 0.1) is 18.9 Å². The average molecular weight is 301 g/mol. The normalized spacial score (nSPS) is 17.4. The molecule has 0 aliphatic carbocycles. The predicted molar refractivity (Wildman–Crippen MR) is 81.9 cm³/mol. The number of nitrogens with one attached hydrogen (secondary N) is 2. The summed E-state index contributed by atoms with van der Waals surface area (Å²) in [5.41, 5.74) is 2.10. The number of rotatable bonds is 5. The maximum Gasteiger partial charge on any atom is 0.269 e. The van der Waals surface area contributed by atoms with Crippen molar-refractivity contribution in [2.75, 3.05) is 20.3 Å². The lowest BCUT2D eigenvalue weighted by molar-refractivity contribution is 0.0853. The average Bonchev–Trinajstić information content (AvgIpc) is 3.24. The van der Waals surface area contributed by atoms with Crippen LogP contribution in [0.1, 0.15) is 23.3 Å². The third-order valence-corrected chi connectivity index (χ3v) is 3.72. The molecule has 2 N–H and O–H groups in total. The number of amides is 1. The summed E-state index contributed by atoms with van der Waals surface area (Å²) in [6, 6.07) is 9.28. The van der Waals surface area contributed by atoms with Crippen LogP contribution in [0.5, 0.6) is 5.75 Å². The summed E-state index contributed by atoms with van der Waals surface area (Å²) in [5.74, 6) is 0.622. The van der Waals surface area contributed by atoms with E-state index >= 15 is 0 Å². The first-order valence-electron chi connectivity index (χ1n) is 7.36. The maximum atomic E-state index is 12.1. The number of hydrogen-bond acceptors (Lipinski definition) is 4. The Balaban J connectivity index is 1.63. The number of aromatic amines is 1. The third-order valence-electron chi connectivity index (χ3n) is 3.72. The van der Waals surface area contributed by atoms with Gasteiger partial charge in [-0.05, 0) is 43.2 Å². The van der Waals surface area contributed by atoms with Crippen LogP contribution in [0.3, 0.4) is 0 Å². The molecule has 1 fully saturated rings. The molecule has 1 aliphatic heterocycles. The molecule has 1 aliphatic rings. The van der Waals surface area contributed by atoms with Crippen molar-refractivity contribution in [3.05, 3.63) is 36.0 Å². The van der Waals surface area contributed by atoms with E-state index in [4.69, 9.17) is 9.47 Å². The smallest absolute Gasteiger partial charge is 0.269 e. The summed E-state index contributed by atoms with van der Waals surface area (Å²) in [4.78, 5) is 12.1. The predicted octanol–water partition coefficient (Wildman–Crippen LogP) is 1.99. The van der Waals surface area contributed by atoms with E-state index in [0.717, 1.165) is 36.5 Å². The largest absolute Gasteiger partial charge is 0.497 e. The molecular weight excluding hydrogens is 282 g/mol. The van der Waals surface area contributed by atoms with Crippen molar-refractivity contribution in [2.45, 2.75) is 18.9 Å². The number of ether oxygens (including phenoxy) is 2. The molecule has 116 valence electrons. The number of benzene rings is 1. The molecule has 2 aromatic rings. The highest BCUT2D eigenvalue weighted by molar-refractivity contribution is 5.93. The van der Waals surface area contributed by atoms with Gasteiger partial charge < -0.3 is 14.8 Å². The van der Waals surface area contributed by atoms with Crippen LogP contribution in [0.2, 0.25) is 0 Å². The van der Waals surface area contributed by atoms with Crippen LogP contribution in [0, 0.1) is 0 Å². The van der Waals surface area contributed by atoms with Gasteiger partial charge in [-0.2, -0.15) is 5.10 Å². The Morgan fingerprint density at radius 1 is 1.45 bits per heavy atom. The summed E-state index contributed by atoms with van der Waals surface area (Å²) in [6.07, 6.45) is 2.19. The molecule has 1 amide bonds. The van der Waals surface area contributed by atoms with Gasteiger partial charge in [-0.1, -0.05) is 0 Å². The van der Waals surface area contributed by atoms with Crippen molar-refractivity contribution in [3.8, 4) is 17.0 Å². The zero-order valence-corrected chi connectivity index (χ0v) is 12.5. The molecule has 0 radical (unpaired) electrons. The summed E-state index contributed by atoms with van der Waals surface area (Å²) in [5, 5.41) is 9.83. The van der Waals surface area contributed by atoms with Gasteiger partial charge in [0.1, 0.15) is 11.4 Å². The molecule has 3 rings (SSSR count). The van der Waals surface area contributed by atoms with E-state index in [1.54, 1.807) is 13.2 Å². The lowest BCUT2D eigenvalue weighted by Gasteiger charge is -2.09. The lowest BCUT2D eigenvalue weighted by atomic mass is 10.1. The Hall–Kier alpha value is -2.34. The van der Waals surface area contributed by atoms with Gasteiger partial charge in [-0.3, -0.25) is 9.89 Å². The molecular formula is C16H19N3O3. The molecule has 1 aromatic carbocycles. The van der Waals surface area contributed by atoms with Crippen LogP contribution >= 0.6 is 0 Å².